The van der Waals surface area contributed by atoms with Gasteiger partial charge in [0.25, 0.3) is 5.56 Å². The minimum absolute atomic E-state index is 0.324. The van der Waals surface area contributed by atoms with Gasteiger partial charge in [0.1, 0.15) is 18.3 Å². The molecule has 2 rings (SSSR count). The van der Waals surface area contributed by atoms with Crippen LogP contribution in [0.2, 0.25) is 0 Å². The van der Waals surface area contributed by atoms with Crippen molar-refractivity contribution in [3.8, 4) is 0 Å². The van der Waals surface area contributed by atoms with E-state index in [9.17, 15) is 19.8 Å². The highest BCUT2D eigenvalue weighted by Gasteiger charge is 2.45. The fourth-order valence-corrected chi connectivity index (χ4v) is 4.45. The summed E-state index contributed by atoms with van der Waals surface area (Å²) in [5.74, 6) is 0. The van der Waals surface area contributed by atoms with Gasteiger partial charge in [0.2, 0.25) is 0 Å². The van der Waals surface area contributed by atoms with Crippen molar-refractivity contribution in [3.63, 3.8) is 0 Å². The summed E-state index contributed by atoms with van der Waals surface area (Å²) < 4.78 is 12.6. The predicted octanol–water partition coefficient (Wildman–Crippen LogP) is 3.65. The Kier molecular flexibility index (Phi) is 13.6. The minimum Gasteiger partial charge on any atom is -0.394 e. The summed E-state index contributed by atoms with van der Waals surface area (Å²) in [6.45, 7) is 2.40. The Hall–Kier alpha value is -1.48. The van der Waals surface area contributed by atoms with Crippen molar-refractivity contribution in [1.29, 1.82) is 0 Å². The third-order valence-corrected chi connectivity index (χ3v) is 6.42. The lowest BCUT2D eigenvalue weighted by atomic mass is 10.0. The van der Waals surface area contributed by atoms with Gasteiger partial charge in [-0.3, -0.25) is 14.3 Å². The molecule has 1 aromatic heterocycles. The van der Waals surface area contributed by atoms with Crippen molar-refractivity contribution in [2.75, 3.05) is 13.2 Å². The molecule has 0 amide bonds. The highest BCUT2D eigenvalue weighted by atomic mass is 16.6. The zero-order valence-corrected chi connectivity index (χ0v) is 20.3. The van der Waals surface area contributed by atoms with E-state index in [2.05, 4.69) is 11.9 Å². The summed E-state index contributed by atoms with van der Waals surface area (Å²) in [5.41, 5.74) is -1.19. The first-order chi connectivity index (χ1) is 16.1. The smallest absolute Gasteiger partial charge is 0.330 e. The molecule has 1 fully saturated rings. The van der Waals surface area contributed by atoms with E-state index < -0.39 is 35.8 Å². The summed E-state index contributed by atoms with van der Waals surface area (Å²) in [6, 6.07) is 1.19. The highest BCUT2D eigenvalue weighted by Crippen LogP contribution is 2.30. The van der Waals surface area contributed by atoms with Gasteiger partial charge < -0.3 is 19.7 Å². The van der Waals surface area contributed by atoms with Crippen molar-refractivity contribution in [2.45, 2.75) is 121 Å². The molecule has 8 heteroatoms. The first-order valence-electron chi connectivity index (χ1n) is 13.0. The SMILES string of the molecule is CCCCCCCCCCCCCCCCO[C@H]1[C@@H](O)[C@H](n2ccc(=O)[nH]c2=O)O[C@@H]1CO. The molecule has 190 valence electrons. The molecule has 1 saturated heterocycles. The molecular weight excluding hydrogens is 424 g/mol. The number of rotatable bonds is 18. The van der Waals surface area contributed by atoms with Gasteiger partial charge in [-0.05, 0) is 6.42 Å². The number of aliphatic hydroxyl groups is 2. The van der Waals surface area contributed by atoms with Gasteiger partial charge in [0.15, 0.2) is 6.23 Å². The van der Waals surface area contributed by atoms with Crippen molar-refractivity contribution in [3.05, 3.63) is 33.1 Å². The maximum absolute atomic E-state index is 12.0. The molecule has 0 spiro atoms. The van der Waals surface area contributed by atoms with Crippen molar-refractivity contribution in [1.82, 2.24) is 9.55 Å². The van der Waals surface area contributed by atoms with Gasteiger partial charge in [-0.2, -0.15) is 0 Å². The fourth-order valence-electron chi connectivity index (χ4n) is 4.45. The third kappa shape index (κ3) is 9.73. The lowest BCUT2D eigenvalue weighted by molar-refractivity contribution is -0.0626. The maximum Gasteiger partial charge on any atom is 0.330 e. The molecule has 1 aromatic rings. The second-order valence-electron chi connectivity index (χ2n) is 9.19. The summed E-state index contributed by atoms with van der Waals surface area (Å²) in [6.07, 6.45) is 15.6. The number of unbranched alkanes of at least 4 members (excludes halogenated alkanes) is 13. The zero-order valence-electron chi connectivity index (χ0n) is 20.3. The molecule has 0 unspecified atom stereocenters. The Morgan fingerprint density at radius 1 is 0.939 bits per heavy atom. The van der Waals surface area contributed by atoms with Gasteiger partial charge in [0, 0.05) is 18.9 Å². The highest BCUT2D eigenvalue weighted by molar-refractivity contribution is 4.93. The normalized spacial score (nSPS) is 22.8. The molecule has 0 bridgehead atoms. The van der Waals surface area contributed by atoms with E-state index in [1.165, 1.54) is 89.3 Å². The van der Waals surface area contributed by atoms with E-state index in [0.29, 0.717) is 6.61 Å². The van der Waals surface area contributed by atoms with Crippen LogP contribution in [0.1, 0.15) is 103 Å². The van der Waals surface area contributed by atoms with Gasteiger partial charge in [0.05, 0.1) is 6.61 Å². The Bertz CT molecular complexity index is 749. The monoisotopic (exact) mass is 468 g/mol. The quantitative estimate of drug-likeness (QED) is 0.283. The van der Waals surface area contributed by atoms with Crippen LogP contribution in [0.15, 0.2) is 21.9 Å². The van der Waals surface area contributed by atoms with Crippen LogP contribution in [0.3, 0.4) is 0 Å². The molecule has 33 heavy (non-hydrogen) atoms. The number of ether oxygens (including phenoxy) is 2. The van der Waals surface area contributed by atoms with E-state index in [1.807, 2.05) is 0 Å². The van der Waals surface area contributed by atoms with E-state index >= 15 is 0 Å². The van der Waals surface area contributed by atoms with Crippen LogP contribution >= 0.6 is 0 Å². The average molecular weight is 469 g/mol. The number of nitrogens with one attached hydrogen (secondary N) is 1. The molecule has 2 heterocycles. The summed E-state index contributed by atoms with van der Waals surface area (Å²) in [4.78, 5) is 25.4. The van der Waals surface area contributed by atoms with E-state index in [4.69, 9.17) is 9.47 Å². The number of aliphatic hydroxyl groups excluding tert-OH is 2. The standard InChI is InChI=1S/C25H44N2O6/c1-2-3-4-5-6-7-8-9-10-11-12-13-14-15-18-32-23-20(19-28)33-24(22(23)30)27-17-16-21(29)26-25(27)31/h16-17,20,22-24,28,30H,2-15,18-19H2,1H3,(H,26,29,31)/t20-,22-,23-,24-/m1/s1. The lowest BCUT2D eigenvalue weighted by Gasteiger charge is -2.20. The maximum atomic E-state index is 12.0. The minimum atomic E-state index is -1.11. The lowest BCUT2D eigenvalue weighted by Crippen LogP contribution is -2.39. The molecule has 1 aliphatic rings. The summed E-state index contributed by atoms with van der Waals surface area (Å²) in [5, 5.41) is 20.2. The molecule has 8 nitrogen and oxygen atoms in total. The van der Waals surface area contributed by atoms with E-state index in [0.717, 1.165) is 17.4 Å². The van der Waals surface area contributed by atoms with Crippen molar-refractivity contribution >= 4 is 0 Å². The van der Waals surface area contributed by atoms with Gasteiger partial charge in [-0.15, -0.1) is 0 Å². The van der Waals surface area contributed by atoms with Gasteiger partial charge in [-0.1, -0.05) is 90.4 Å². The third-order valence-electron chi connectivity index (χ3n) is 6.42. The van der Waals surface area contributed by atoms with Gasteiger partial charge >= 0.3 is 5.69 Å². The van der Waals surface area contributed by atoms with E-state index in [1.54, 1.807) is 0 Å². The van der Waals surface area contributed by atoms with Crippen LogP contribution in [-0.2, 0) is 9.47 Å². The summed E-state index contributed by atoms with van der Waals surface area (Å²) >= 11 is 0. The first-order valence-corrected chi connectivity index (χ1v) is 13.0. The number of aromatic nitrogens is 2. The predicted molar refractivity (Wildman–Crippen MR) is 128 cm³/mol. The fraction of sp³-hybridized carbons (Fsp3) is 0.840. The molecule has 0 radical (unpaired) electrons. The van der Waals surface area contributed by atoms with Crippen LogP contribution < -0.4 is 11.2 Å². The molecule has 3 N–H and O–H groups in total. The molecule has 1 aliphatic heterocycles. The Balaban J connectivity index is 1.54. The Labute approximate surface area is 197 Å². The number of hydrogen-bond donors (Lipinski definition) is 3. The second kappa shape index (κ2) is 16.2. The first kappa shape index (κ1) is 27.8. The number of nitrogens with zero attached hydrogens (tertiary/aromatic N) is 1. The Morgan fingerprint density at radius 2 is 1.48 bits per heavy atom. The molecule has 0 aliphatic carbocycles. The van der Waals surface area contributed by atoms with Crippen LogP contribution in [0.5, 0.6) is 0 Å². The topological polar surface area (TPSA) is 114 Å². The summed E-state index contributed by atoms with van der Waals surface area (Å²) in [7, 11) is 0. The van der Waals surface area contributed by atoms with Crippen LogP contribution in [0.25, 0.3) is 0 Å². The molecule has 4 atom stereocenters. The molecule has 0 saturated carbocycles. The van der Waals surface area contributed by atoms with Crippen LogP contribution in [0.4, 0.5) is 0 Å². The van der Waals surface area contributed by atoms with Crippen LogP contribution in [-0.4, -0.2) is 51.3 Å². The van der Waals surface area contributed by atoms with Crippen LogP contribution in [0, 0.1) is 0 Å². The number of H-pyrrole nitrogens is 1. The number of hydrogen-bond acceptors (Lipinski definition) is 6. The van der Waals surface area contributed by atoms with Crippen molar-refractivity contribution in [2.24, 2.45) is 0 Å². The average Bonchev–Trinajstić information content (AvgIpc) is 3.11. The Morgan fingerprint density at radius 3 is 2.00 bits per heavy atom. The van der Waals surface area contributed by atoms with E-state index in [-0.39, 0.29) is 6.61 Å². The second-order valence-corrected chi connectivity index (χ2v) is 9.19. The van der Waals surface area contributed by atoms with Gasteiger partial charge in [-0.25, -0.2) is 4.79 Å². The molecular formula is C25H44N2O6. The van der Waals surface area contributed by atoms with Crippen molar-refractivity contribution < 1.29 is 19.7 Å². The number of aromatic amines is 1. The zero-order chi connectivity index (χ0) is 23.9. The molecule has 0 aromatic carbocycles. The largest absolute Gasteiger partial charge is 0.394 e.